The standard InChI is InChI=1S/C48H91N2O6.BrH/c1-5-7-9-11-13-15-17-19-21-23-25-27-29-31-33-37-47(53)55-43-35-39-49(46(52)45-50(3,4)41-42-51)40-36-44-56-48(54)38-34-32-30-28-26-24-22-20-18-16-14-12-10-8-6-2;/h19-22,51H,5-18,23-45H2,1-4H3;1H/q+1;/p-1. The van der Waals surface area contributed by atoms with Crippen molar-refractivity contribution in [2.75, 3.05) is 60.1 Å². The van der Waals surface area contributed by atoms with E-state index in [4.69, 9.17) is 9.47 Å². The summed E-state index contributed by atoms with van der Waals surface area (Å²) in [5, 5.41) is 9.43. The molecule has 0 saturated heterocycles. The highest BCUT2D eigenvalue weighted by atomic mass is 79.9. The zero-order valence-corrected chi connectivity index (χ0v) is 39.3. The van der Waals surface area contributed by atoms with Gasteiger partial charge >= 0.3 is 11.9 Å². The van der Waals surface area contributed by atoms with E-state index in [0.717, 1.165) is 51.4 Å². The molecule has 0 radical (unpaired) electrons. The topological polar surface area (TPSA) is 93.1 Å². The first kappa shape index (κ1) is 57.4. The first-order valence-corrected chi connectivity index (χ1v) is 23.6. The second-order valence-electron chi connectivity index (χ2n) is 16.7. The number of hydrogen-bond donors (Lipinski definition) is 1. The van der Waals surface area contributed by atoms with Gasteiger partial charge in [0.05, 0.1) is 33.9 Å². The molecular weight excluding hydrogens is 780 g/mol. The number of esters is 2. The molecule has 0 unspecified atom stereocenters. The van der Waals surface area contributed by atoms with Crippen molar-refractivity contribution in [3.05, 3.63) is 24.3 Å². The lowest BCUT2D eigenvalue weighted by Gasteiger charge is -2.31. The van der Waals surface area contributed by atoms with Crippen molar-refractivity contribution in [1.82, 2.24) is 4.90 Å². The Morgan fingerprint density at radius 2 is 0.842 bits per heavy atom. The van der Waals surface area contributed by atoms with Crippen LogP contribution in [0.15, 0.2) is 24.3 Å². The van der Waals surface area contributed by atoms with E-state index in [0.29, 0.717) is 49.8 Å². The summed E-state index contributed by atoms with van der Waals surface area (Å²) in [4.78, 5) is 39.7. The van der Waals surface area contributed by atoms with Gasteiger partial charge < -0.3 is 40.9 Å². The van der Waals surface area contributed by atoms with E-state index < -0.39 is 0 Å². The maximum Gasteiger partial charge on any atom is 0.305 e. The van der Waals surface area contributed by atoms with Crippen LogP contribution in [0, 0.1) is 0 Å². The SMILES string of the molecule is CCCCCCCCC=CCCCCCCCC(=O)OCCCN(CCCOC(=O)CCCCCCCC=CCCCCCCCC)C(=O)C[N+](C)(C)CCO.[Br-]. The molecule has 1 amide bonds. The van der Waals surface area contributed by atoms with E-state index in [-0.39, 0.29) is 61.2 Å². The number of carbonyl (C=O) groups excluding carboxylic acids is 3. The maximum absolute atomic E-state index is 13.2. The lowest BCUT2D eigenvalue weighted by molar-refractivity contribution is -0.883. The number of unbranched alkanes of at least 4 members (excludes halogenated alkanes) is 22. The van der Waals surface area contributed by atoms with Crippen LogP contribution in [0.1, 0.15) is 206 Å². The molecule has 57 heavy (non-hydrogen) atoms. The molecule has 0 heterocycles. The van der Waals surface area contributed by atoms with Crippen molar-refractivity contribution in [3.8, 4) is 0 Å². The van der Waals surface area contributed by atoms with E-state index in [9.17, 15) is 19.5 Å². The molecule has 1 N–H and O–H groups in total. The van der Waals surface area contributed by atoms with E-state index in [1.807, 2.05) is 14.1 Å². The summed E-state index contributed by atoms with van der Waals surface area (Å²) in [6.45, 7) is 6.81. The van der Waals surface area contributed by atoms with Crippen LogP contribution in [0.3, 0.4) is 0 Å². The van der Waals surface area contributed by atoms with E-state index in [2.05, 4.69) is 38.2 Å². The first-order valence-electron chi connectivity index (χ1n) is 23.6. The van der Waals surface area contributed by atoms with Gasteiger partial charge in [0.1, 0.15) is 6.54 Å². The lowest BCUT2D eigenvalue weighted by Crippen LogP contribution is -3.00. The molecule has 0 aromatic rings. The van der Waals surface area contributed by atoms with Crippen LogP contribution >= 0.6 is 0 Å². The van der Waals surface area contributed by atoms with Crippen LogP contribution in [0.2, 0.25) is 0 Å². The van der Waals surface area contributed by atoms with Gasteiger partial charge in [0.2, 0.25) is 0 Å². The Hall–Kier alpha value is -1.71. The third-order valence-electron chi connectivity index (χ3n) is 10.6. The predicted octanol–water partition coefficient (Wildman–Crippen LogP) is 8.83. The molecule has 0 rings (SSSR count). The fourth-order valence-electron chi connectivity index (χ4n) is 6.88. The minimum Gasteiger partial charge on any atom is -1.00 e. The number of quaternary nitrogens is 1. The molecule has 0 spiro atoms. The summed E-state index contributed by atoms with van der Waals surface area (Å²) >= 11 is 0. The second kappa shape index (κ2) is 43.9. The third kappa shape index (κ3) is 42.2. The molecule has 0 aromatic carbocycles. The molecule has 0 fully saturated rings. The Bertz CT molecular complexity index is 913. The van der Waals surface area contributed by atoms with Crippen LogP contribution in [0.4, 0.5) is 0 Å². The number of carbonyl (C=O) groups is 3. The highest BCUT2D eigenvalue weighted by molar-refractivity contribution is 5.77. The maximum atomic E-state index is 13.2. The van der Waals surface area contributed by atoms with E-state index in [1.54, 1.807) is 4.90 Å². The smallest absolute Gasteiger partial charge is 0.305 e. The Labute approximate surface area is 362 Å². The minimum absolute atomic E-state index is 0. The molecule has 0 saturated carbocycles. The van der Waals surface area contributed by atoms with Gasteiger partial charge in [-0.15, -0.1) is 0 Å². The van der Waals surface area contributed by atoms with Crippen molar-refractivity contribution in [1.29, 1.82) is 0 Å². The molecule has 0 atom stereocenters. The molecule has 336 valence electrons. The largest absolute Gasteiger partial charge is 1.00 e. The van der Waals surface area contributed by atoms with Gasteiger partial charge in [0.15, 0.2) is 6.54 Å². The monoisotopic (exact) mass is 871 g/mol. The van der Waals surface area contributed by atoms with Crippen molar-refractivity contribution >= 4 is 17.8 Å². The number of ether oxygens (including phenoxy) is 2. The summed E-state index contributed by atoms with van der Waals surface area (Å²) < 4.78 is 11.4. The Balaban J connectivity index is 0. The van der Waals surface area contributed by atoms with Crippen LogP contribution in [-0.2, 0) is 23.9 Å². The average Bonchev–Trinajstić information content (AvgIpc) is 3.16. The quantitative estimate of drug-likeness (QED) is 0.0286. The summed E-state index contributed by atoms with van der Waals surface area (Å²) in [5.41, 5.74) is 0. The van der Waals surface area contributed by atoms with E-state index >= 15 is 0 Å². The van der Waals surface area contributed by atoms with Crippen LogP contribution < -0.4 is 17.0 Å². The number of amides is 1. The Morgan fingerprint density at radius 1 is 0.509 bits per heavy atom. The first-order chi connectivity index (χ1) is 27.3. The van der Waals surface area contributed by atoms with Crippen LogP contribution in [0.5, 0.6) is 0 Å². The number of nitrogens with zero attached hydrogens (tertiary/aromatic N) is 2. The van der Waals surface area contributed by atoms with Gasteiger partial charge in [-0.2, -0.15) is 0 Å². The summed E-state index contributed by atoms with van der Waals surface area (Å²) in [6, 6.07) is 0. The molecule has 0 aliphatic carbocycles. The van der Waals surface area contributed by atoms with Gasteiger partial charge in [-0.1, -0.05) is 141 Å². The number of hydrogen-bond acceptors (Lipinski definition) is 6. The summed E-state index contributed by atoms with van der Waals surface area (Å²) in [7, 11) is 3.86. The number of aliphatic hydroxyl groups is 1. The molecule has 8 nitrogen and oxygen atoms in total. The summed E-state index contributed by atoms with van der Waals surface area (Å²) in [5.74, 6) is -0.346. The zero-order valence-electron chi connectivity index (χ0n) is 37.7. The number of aliphatic hydroxyl groups excluding tert-OH is 1. The fourth-order valence-corrected chi connectivity index (χ4v) is 6.88. The van der Waals surface area contributed by atoms with Crippen molar-refractivity contribution in [2.24, 2.45) is 0 Å². The highest BCUT2D eigenvalue weighted by Gasteiger charge is 2.24. The number of likely N-dealkylation sites (N-methyl/N-ethyl adjacent to an activating group) is 1. The normalized spacial score (nSPS) is 11.7. The van der Waals surface area contributed by atoms with E-state index in [1.165, 1.54) is 116 Å². The number of halogens is 1. The van der Waals surface area contributed by atoms with Gasteiger partial charge in [-0.05, 0) is 77.0 Å². The van der Waals surface area contributed by atoms with Gasteiger partial charge in [-0.3, -0.25) is 14.4 Å². The highest BCUT2D eigenvalue weighted by Crippen LogP contribution is 2.13. The molecular formula is C48H91BrN2O6. The molecule has 0 aliphatic heterocycles. The van der Waals surface area contributed by atoms with Gasteiger partial charge in [0, 0.05) is 25.9 Å². The fraction of sp³-hybridized carbons (Fsp3) is 0.854. The zero-order chi connectivity index (χ0) is 41.2. The molecule has 0 bridgehead atoms. The average molecular weight is 872 g/mol. The van der Waals surface area contributed by atoms with Crippen molar-refractivity contribution < 1.29 is 50.4 Å². The predicted molar refractivity (Wildman–Crippen MR) is 236 cm³/mol. The lowest BCUT2D eigenvalue weighted by atomic mass is 10.1. The minimum atomic E-state index is -0.167. The molecule has 9 heteroatoms. The second-order valence-corrected chi connectivity index (χ2v) is 16.7. The number of allylic oxidation sites excluding steroid dienone is 4. The summed E-state index contributed by atoms with van der Waals surface area (Å²) in [6.07, 6.45) is 43.2. The van der Waals surface area contributed by atoms with Gasteiger partial charge in [0.25, 0.3) is 5.91 Å². The Morgan fingerprint density at radius 3 is 1.19 bits per heavy atom. The van der Waals surface area contributed by atoms with Crippen LogP contribution in [-0.4, -0.2) is 92.4 Å². The van der Waals surface area contributed by atoms with Gasteiger partial charge in [-0.25, -0.2) is 0 Å². The molecule has 0 aliphatic rings. The van der Waals surface area contributed by atoms with Crippen molar-refractivity contribution in [3.63, 3.8) is 0 Å². The number of rotatable bonds is 42. The molecule has 0 aromatic heterocycles. The third-order valence-corrected chi connectivity index (χ3v) is 10.6. The Kier molecular flexibility index (Phi) is 44.2. The van der Waals surface area contributed by atoms with Crippen molar-refractivity contribution in [2.45, 2.75) is 206 Å². The van der Waals surface area contributed by atoms with Crippen LogP contribution in [0.25, 0.3) is 0 Å².